The quantitative estimate of drug-likeness (QED) is 0.737. The van der Waals surface area contributed by atoms with Crippen molar-refractivity contribution in [3.05, 3.63) is 24.0 Å². The molecule has 0 bridgehead atoms. The highest BCUT2D eigenvalue weighted by molar-refractivity contribution is 5.21. The van der Waals surface area contributed by atoms with Crippen LogP contribution in [-0.2, 0) is 6.18 Å². The van der Waals surface area contributed by atoms with Crippen molar-refractivity contribution in [2.45, 2.75) is 25.1 Å². The van der Waals surface area contributed by atoms with Crippen molar-refractivity contribution in [1.82, 2.24) is 4.98 Å². The summed E-state index contributed by atoms with van der Waals surface area (Å²) in [7, 11) is 0. The lowest BCUT2D eigenvalue weighted by molar-refractivity contribution is -0.141. The number of pyridine rings is 1. The van der Waals surface area contributed by atoms with Gasteiger partial charge >= 0.3 is 6.18 Å². The SMILES string of the molecule is FC(F)(F)c1ccc(OC2CC2)cn1. The van der Waals surface area contributed by atoms with E-state index in [0.29, 0.717) is 5.75 Å². The average Bonchev–Trinajstić information content (AvgIpc) is 2.88. The van der Waals surface area contributed by atoms with Gasteiger partial charge in [-0.05, 0) is 25.0 Å². The van der Waals surface area contributed by atoms with Crippen LogP contribution in [0.2, 0.25) is 0 Å². The third-order valence-corrected chi connectivity index (χ3v) is 1.85. The number of alkyl halides is 3. The topological polar surface area (TPSA) is 22.1 Å². The number of rotatable bonds is 2. The summed E-state index contributed by atoms with van der Waals surface area (Å²) in [6.07, 6.45) is -1.14. The van der Waals surface area contributed by atoms with Gasteiger partial charge in [0.2, 0.25) is 0 Å². The molecule has 0 aliphatic heterocycles. The largest absolute Gasteiger partial charge is 0.489 e. The van der Waals surface area contributed by atoms with Gasteiger partial charge in [0.1, 0.15) is 11.4 Å². The lowest BCUT2D eigenvalue weighted by Gasteiger charge is -2.07. The van der Waals surface area contributed by atoms with E-state index in [9.17, 15) is 13.2 Å². The number of halogens is 3. The zero-order chi connectivity index (χ0) is 10.2. The molecule has 1 aromatic rings. The molecule has 0 N–H and O–H groups in total. The van der Waals surface area contributed by atoms with E-state index in [1.54, 1.807) is 0 Å². The van der Waals surface area contributed by atoms with E-state index in [-0.39, 0.29) is 6.10 Å². The van der Waals surface area contributed by atoms with Crippen LogP contribution in [0.4, 0.5) is 13.2 Å². The van der Waals surface area contributed by atoms with Gasteiger partial charge in [-0.2, -0.15) is 13.2 Å². The Labute approximate surface area is 78.7 Å². The third-order valence-electron chi connectivity index (χ3n) is 1.85. The molecule has 2 nitrogen and oxygen atoms in total. The zero-order valence-electron chi connectivity index (χ0n) is 7.21. The van der Waals surface area contributed by atoms with E-state index < -0.39 is 11.9 Å². The Morgan fingerprint density at radius 1 is 1.29 bits per heavy atom. The van der Waals surface area contributed by atoms with Crippen LogP contribution in [0.5, 0.6) is 5.75 Å². The minimum absolute atomic E-state index is 0.175. The van der Waals surface area contributed by atoms with Crippen molar-refractivity contribution in [2.75, 3.05) is 0 Å². The molecule has 0 radical (unpaired) electrons. The standard InChI is InChI=1S/C9H8F3NO/c10-9(11,12)8-4-3-7(5-13-8)14-6-1-2-6/h3-6H,1-2H2. The van der Waals surface area contributed by atoms with Crippen molar-refractivity contribution in [3.8, 4) is 5.75 Å². The Bertz CT molecular complexity index is 316. The first-order chi connectivity index (χ1) is 6.55. The number of hydrogen-bond acceptors (Lipinski definition) is 2. The van der Waals surface area contributed by atoms with Crippen molar-refractivity contribution >= 4 is 0 Å². The van der Waals surface area contributed by atoms with Gasteiger partial charge in [-0.15, -0.1) is 0 Å². The van der Waals surface area contributed by atoms with Crippen molar-refractivity contribution in [2.24, 2.45) is 0 Å². The van der Waals surface area contributed by atoms with Crippen molar-refractivity contribution in [1.29, 1.82) is 0 Å². The molecular weight excluding hydrogens is 195 g/mol. The van der Waals surface area contributed by atoms with Gasteiger partial charge in [-0.3, -0.25) is 0 Å². The third kappa shape index (κ3) is 2.16. The molecule has 5 heteroatoms. The molecule has 2 rings (SSSR count). The summed E-state index contributed by atoms with van der Waals surface area (Å²) in [4.78, 5) is 3.28. The summed E-state index contributed by atoms with van der Waals surface area (Å²) >= 11 is 0. The predicted octanol–water partition coefficient (Wildman–Crippen LogP) is 2.64. The van der Waals surface area contributed by atoms with Crippen LogP contribution >= 0.6 is 0 Å². The second kappa shape index (κ2) is 3.15. The molecule has 0 spiro atoms. The van der Waals surface area contributed by atoms with Gasteiger partial charge in [0.25, 0.3) is 0 Å². The number of ether oxygens (including phenoxy) is 1. The second-order valence-corrected chi connectivity index (χ2v) is 3.19. The van der Waals surface area contributed by atoms with Gasteiger partial charge in [0.05, 0.1) is 12.3 Å². The first-order valence-corrected chi connectivity index (χ1v) is 4.25. The fourth-order valence-electron chi connectivity index (χ4n) is 0.996. The monoisotopic (exact) mass is 203 g/mol. The van der Waals surface area contributed by atoms with Gasteiger partial charge in [-0.25, -0.2) is 4.98 Å². The maximum Gasteiger partial charge on any atom is 0.433 e. The van der Waals surface area contributed by atoms with Gasteiger partial charge in [0.15, 0.2) is 0 Å². The summed E-state index contributed by atoms with van der Waals surface area (Å²) in [6, 6.07) is 2.23. The Kier molecular flexibility index (Phi) is 2.09. The summed E-state index contributed by atoms with van der Waals surface area (Å²) < 4.78 is 41.5. The Morgan fingerprint density at radius 3 is 2.43 bits per heavy atom. The molecular formula is C9H8F3NO. The molecule has 76 valence electrons. The smallest absolute Gasteiger partial charge is 0.433 e. The molecule has 1 fully saturated rings. The lowest BCUT2D eigenvalue weighted by atomic mass is 10.3. The van der Waals surface area contributed by atoms with E-state index in [2.05, 4.69) is 4.98 Å². The van der Waals surface area contributed by atoms with Crippen LogP contribution in [0.25, 0.3) is 0 Å². The summed E-state index contributed by atoms with van der Waals surface area (Å²) in [5.41, 5.74) is -0.888. The van der Waals surface area contributed by atoms with Crippen LogP contribution in [0.3, 0.4) is 0 Å². The van der Waals surface area contributed by atoms with Gasteiger partial charge in [0, 0.05) is 0 Å². The first-order valence-electron chi connectivity index (χ1n) is 4.25. The van der Waals surface area contributed by atoms with E-state index >= 15 is 0 Å². The minimum Gasteiger partial charge on any atom is -0.489 e. The predicted molar refractivity (Wildman–Crippen MR) is 42.9 cm³/mol. The average molecular weight is 203 g/mol. The fourth-order valence-corrected chi connectivity index (χ4v) is 0.996. The molecule has 14 heavy (non-hydrogen) atoms. The second-order valence-electron chi connectivity index (χ2n) is 3.19. The molecule has 0 saturated heterocycles. The minimum atomic E-state index is -4.38. The number of nitrogens with zero attached hydrogens (tertiary/aromatic N) is 1. The summed E-state index contributed by atoms with van der Waals surface area (Å²) in [5.74, 6) is 0.403. The molecule has 0 aromatic carbocycles. The van der Waals surface area contributed by atoms with E-state index in [4.69, 9.17) is 4.74 Å². The highest BCUT2D eigenvalue weighted by atomic mass is 19.4. The molecule has 1 aliphatic rings. The molecule has 1 saturated carbocycles. The molecule has 1 heterocycles. The molecule has 0 amide bonds. The maximum atomic E-state index is 12.1. The van der Waals surface area contributed by atoms with Crippen molar-refractivity contribution in [3.63, 3.8) is 0 Å². The van der Waals surface area contributed by atoms with Crippen LogP contribution in [0.1, 0.15) is 18.5 Å². The number of hydrogen-bond donors (Lipinski definition) is 0. The van der Waals surface area contributed by atoms with Crippen LogP contribution in [0.15, 0.2) is 18.3 Å². The van der Waals surface area contributed by atoms with E-state index in [0.717, 1.165) is 25.1 Å². The Morgan fingerprint density at radius 2 is 2.00 bits per heavy atom. The zero-order valence-corrected chi connectivity index (χ0v) is 7.21. The molecule has 1 aliphatic carbocycles. The Hall–Kier alpha value is -1.26. The summed E-state index contributed by atoms with van der Waals surface area (Å²) in [6.45, 7) is 0. The normalized spacial score (nSPS) is 16.8. The van der Waals surface area contributed by atoms with E-state index in [1.165, 1.54) is 6.07 Å². The summed E-state index contributed by atoms with van der Waals surface area (Å²) in [5, 5.41) is 0. The molecule has 1 aromatic heterocycles. The fraction of sp³-hybridized carbons (Fsp3) is 0.444. The molecule has 0 unspecified atom stereocenters. The number of aromatic nitrogens is 1. The van der Waals surface area contributed by atoms with Crippen LogP contribution < -0.4 is 4.74 Å². The van der Waals surface area contributed by atoms with Crippen molar-refractivity contribution < 1.29 is 17.9 Å². The lowest BCUT2D eigenvalue weighted by Crippen LogP contribution is -2.07. The van der Waals surface area contributed by atoms with E-state index in [1.807, 2.05) is 0 Å². The highest BCUT2D eigenvalue weighted by Gasteiger charge is 2.32. The maximum absolute atomic E-state index is 12.1. The molecule has 0 atom stereocenters. The first kappa shape index (κ1) is 9.30. The Balaban J connectivity index is 2.08. The van der Waals surface area contributed by atoms with Gasteiger partial charge < -0.3 is 4.74 Å². The van der Waals surface area contributed by atoms with Crippen LogP contribution in [0, 0.1) is 0 Å². The highest BCUT2D eigenvalue weighted by Crippen LogP contribution is 2.30. The van der Waals surface area contributed by atoms with Crippen LogP contribution in [-0.4, -0.2) is 11.1 Å². The van der Waals surface area contributed by atoms with Gasteiger partial charge in [-0.1, -0.05) is 0 Å².